The van der Waals surface area contributed by atoms with Crippen molar-refractivity contribution in [1.82, 2.24) is 0 Å². The smallest absolute Gasteiger partial charge is 0.130 e. The van der Waals surface area contributed by atoms with Gasteiger partial charge in [0.15, 0.2) is 0 Å². The van der Waals surface area contributed by atoms with E-state index in [9.17, 15) is 4.79 Å². The lowest BCUT2D eigenvalue weighted by Crippen LogP contribution is -2.53. The van der Waals surface area contributed by atoms with Crippen molar-refractivity contribution < 1.29 is 23.7 Å². The Kier molecular flexibility index (Phi) is 9.88. The highest BCUT2D eigenvalue weighted by Gasteiger charge is 2.58. The minimum absolute atomic E-state index is 0.197. The normalized spacial score (nSPS) is 22.2. The van der Waals surface area contributed by atoms with Crippen molar-refractivity contribution in [1.29, 1.82) is 0 Å². The van der Waals surface area contributed by atoms with Gasteiger partial charge >= 0.3 is 0 Å². The van der Waals surface area contributed by atoms with Crippen molar-refractivity contribution in [2.24, 2.45) is 5.92 Å². The zero-order valence-electron chi connectivity index (χ0n) is 22.6. The van der Waals surface area contributed by atoms with E-state index in [4.69, 9.17) is 18.9 Å². The van der Waals surface area contributed by atoms with Gasteiger partial charge in [0, 0.05) is 0 Å². The molecule has 0 radical (unpaired) electrons. The lowest BCUT2D eigenvalue weighted by Gasteiger charge is -2.39. The van der Waals surface area contributed by atoms with E-state index < -0.39 is 17.6 Å². The summed E-state index contributed by atoms with van der Waals surface area (Å²) in [6.45, 7) is 1.72. The van der Waals surface area contributed by atoms with E-state index in [2.05, 4.69) is 0 Å². The predicted octanol–water partition coefficient (Wildman–Crippen LogP) is 6.55. The van der Waals surface area contributed by atoms with Gasteiger partial charge in [-0.3, -0.25) is 0 Å². The zero-order valence-corrected chi connectivity index (χ0v) is 22.6. The van der Waals surface area contributed by atoms with Crippen LogP contribution in [0, 0.1) is 5.92 Å². The van der Waals surface area contributed by atoms with E-state index in [1.165, 1.54) is 0 Å². The summed E-state index contributed by atoms with van der Waals surface area (Å²) in [5, 5.41) is 0. The Labute approximate surface area is 236 Å². The molecule has 1 unspecified atom stereocenters. The van der Waals surface area contributed by atoms with Gasteiger partial charge in [0.1, 0.15) is 18.0 Å². The first kappa shape index (κ1) is 27.9. The molecule has 5 nitrogen and oxygen atoms in total. The molecule has 206 valence electrons. The number of hydrogen-bond acceptors (Lipinski definition) is 5. The molecule has 5 rings (SSSR count). The number of hydrogen-bond donors (Lipinski definition) is 0. The predicted molar refractivity (Wildman–Crippen MR) is 154 cm³/mol. The second kappa shape index (κ2) is 14.1. The highest BCUT2D eigenvalue weighted by atomic mass is 16.6. The summed E-state index contributed by atoms with van der Waals surface area (Å²) < 4.78 is 26.2. The highest BCUT2D eigenvalue weighted by Crippen LogP contribution is 2.43. The monoisotopic (exact) mass is 536 g/mol. The fourth-order valence-electron chi connectivity index (χ4n) is 5.33. The fourth-order valence-corrected chi connectivity index (χ4v) is 5.33. The first-order chi connectivity index (χ1) is 19.8. The maximum atomic E-state index is 12.7. The Hall–Kier alpha value is -3.61. The number of rotatable bonds is 14. The molecule has 1 aliphatic carbocycles. The van der Waals surface area contributed by atoms with Crippen LogP contribution < -0.4 is 0 Å². The van der Waals surface area contributed by atoms with E-state index in [1.54, 1.807) is 0 Å². The number of carbonyl (C=O) groups is 1. The topological polar surface area (TPSA) is 54.0 Å². The highest BCUT2D eigenvalue weighted by molar-refractivity contribution is 5.58. The van der Waals surface area contributed by atoms with Crippen LogP contribution in [-0.2, 0) is 50.2 Å². The summed E-state index contributed by atoms with van der Waals surface area (Å²) >= 11 is 0. The molecule has 0 aliphatic heterocycles. The molecular formula is C35H36O5. The van der Waals surface area contributed by atoms with Crippen LogP contribution in [0.5, 0.6) is 0 Å². The van der Waals surface area contributed by atoms with Crippen molar-refractivity contribution in [2.45, 2.75) is 50.7 Å². The molecule has 4 aromatic rings. The van der Waals surface area contributed by atoms with Gasteiger partial charge in [-0.05, 0) is 28.7 Å². The summed E-state index contributed by atoms with van der Waals surface area (Å²) in [7, 11) is 0. The fraction of sp³-hybridized carbons (Fsp3) is 0.286. The standard InChI is InChI=1S/C35H36O5/c36-22-32-21-33(38-24-29-15-7-2-8-16-29)34(39-25-30-17-9-3-10-18-30)35(32,40-26-31-19-11-4-12-20-31)27-37-23-28-13-5-1-6-14-28/h1-20,22,32-34H,21,23-27H2/t32?,33-,34+,35-/m1/s1. The molecule has 0 aromatic heterocycles. The average Bonchev–Trinajstić information content (AvgIpc) is 3.32. The first-order valence-corrected chi connectivity index (χ1v) is 13.8. The van der Waals surface area contributed by atoms with Crippen molar-refractivity contribution in [3.05, 3.63) is 144 Å². The molecule has 1 saturated carbocycles. The van der Waals surface area contributed by atoms with Crippen molar-refractivity contribution in [2.75, 3.05) is 6.61 Å². The minimum atomic E-state index is -1.03. The SMILES string of the molecule is O=CC1C[C@@H](OCc2ccccc2)[C@H](OCc2ccccc2)[C@]1(COCc1ccccc1)OCc1ccccc1. The van der Waals surface area contributed by atoms with Crippen molar-refractivity contribution in [3.63, 3.8) is 0 Å². The van der Waals surface area contributed by atoms with Crippen LogP contribution in [0.15, 0.2) is 121 Å². The first-order valence-electron chi connectivity index (χ1n) is 13.8. The molecule has 1 fully saturated rings. The molecule has 4 atom stereocenters. The average molecular weight is 537 g/mol. The molecular weight excluding hydrogens is 500 g/mol. The van der Waals surface area contributed by atoms with E-state index in [1.807, 2.05) is 121 Å². The number of aldehydes is 1. The van der Waals surface area contributed by atoms with Gasteiger partial charge in [-0.2, -0.15) is 0 Å². The molecule has 0 bridgehead atoms. The van der Waals surface area contributed by atoms with E-state index in [0.29, 0.717) is 32.8 Å². The largest absolute Gasteiger partial charge is 0.374 e. The molecule has 5 heteroatoms. The summed E-state index contributed by atoms with van der Waals surface area (Å²) in [5.74, 6) is -0.464. The van der Waals surface area contributed by atoms with Gasteiger partial charge in [-0.15, -0.1) is 0 Å². The molecule has 0 saturated heterocycles. The molecule has 40 heavy (non-hydrogen) atoms. The molecule has 0 N–H and O–H groups in total. The van der Waals surface area contributed by atoms with Gasteiger partial charge in [-0.1, -0.05) is 121 Å². The molecule has 0 amide bonds. The molecule has 1 aliphatic rings. The zero-order chi connectivity index (χ0) is 27.5. The van der Waals surface area contributed by atoms with Crippen LogP contribution in [-0.4, -0.2) is 30.7 Å². The molecule has 4 aromatic carbocycles. The lowest BCUT2D eigenvalue weighted by molar-refractivity contribution is -0.206. The number of benzene rings is 4. The Morgan fingerprint density at radius 2 is 1.05 bits per heavy atom. The summed E-state index contributed by atoms with van der Waals surface area (Å²) in [6, 6.07) is 40.1. The van der Waals surface area contributed by atoms with Gasteiger partial charge in [-0.25, -0.2) is 0 Å². The van der Waals surface area contributed by atoms with Crippen molar-refractivity contribution in [3.8, 4) is 0 Å². The number of carbonyl (C=O) groups excluding carboxylic acids is 1. The lowest BCUT2D eigenvalue weighted by atomic mass is 9.90. The van der Waals surface area contributed by atoms with Gasteiger partial charge in [0.25, 0.3) is 0 Å². The third-order valence-electron chi connectivity index (χ3n) is 7.47. The third-order valence-corrected chi connectivity index (χ3v) is 7.47. The minimum Gasteiger partial charge on any atom is -0.374 e. The van der Waals surface area contributed by atoms with Gasteiger partial charge in [0.05, 0.1) is 45.1 Å². The van der Waals surface area contributed by atoms with Crippen LogP contribution in [0.3, 0.4) is 0 Å². The maximum absolute atomic E-state index is 12.7. The Morgan fingerprint density at radius 1 is 0.600 bits per heavy atom. The molecule has 0 spiro atoms. The van der Waals surface area contributed by atoms with Gasteiger partial charge in [0.2, 0.25) is 0 Å². The van der Waals surface area contributed by atoms with Gasteiger partial charge < -0.3 is 23.7 Å². The quantitative estimate of drug-likeness (QED) is 0.171. The van der Waals surface area contributed by atoms with E-state index >= 15 is 0 Å². The Balaban J connectivity index is 1.43. The Morgan fingerprint density at radius 3 is 1.55 bits per heavy atom. The van der Waals surface area contributed by atoms with Crippen LogP contribution in [0.1, 0.15) is 28.7 Å². The van der Waals surface area contributed by atoms with Crippen LogP contribution in [0.4, 0.5) is 0 Å². The molecule has 0 heterocycles. The summed E-state index contributed by atoms with van der Waals surface area (Å²) in [6.07, 6.45) is 0.599. The maximum Gasteiger partial charge on any atom is 0.130 e. The van der Waals surface area contributed by atoms with Crippen LogP contribution in [0.2, 0.25) is 0 Å². The van der Waals surface area contributed by atoms with E-state index in [-0.39, 0.29) is 12.7 Å². The van der Waals surface area contributed by atoms with E-state index in [0.717, 1.165) is 28.5 Å². The van der Waals surface area contributed by atoms with Crippen LogP contribution >= 0.6 is 0 Å². The van der Waals surface area contributed by atoms with Crippen molar-refractivity contribution >= 4 is 6.29 Å². The summed E-state index contributed by atoms with van der Waals surface area (Å²) in [4.78, 5) is 12.7. The summed E-state index contributed by atoms with van der Waals surface area (Å²) in [5.41, 5.74) is 3.16. The second-order valence-corrected chi connectivity index (χ2v) is 10.2. The van der Waals surface area contributed by atoms with Crippen LogP contribution in [0.25, 0.3) is 0 Å². The Bertz CT molecular complexity index is 1280. The third kappa shape index (κ3) is 7.12. The second-order valence-electron chi connectivity index (χ2n) is 10.2. The number of ether oxygens (including phenoxy) is 4.